The predicted molar refractivity (Wildman–Crippen MR) is 130 cm³/mol. The van der Waals surface area contributed by atoms with E-state index in [9.17, 15) is 9.18 Å². The number of hydrogen-bond donors (Lipinski definition) is 3. The van der Waals surface area contributed by atoms with Gasteiger partial charge in [0.05, 0.1) is 6.54 Å². The fraction of sp³-hybridized carbons (Fsp3) is 0.636. The van der Waals surface area contributed by atoms with E-state index in [1.54, 1.807) is 19.2 Å². The molecule has 2 fully saturated rings. The summed E-state index contributed by atoms with van der Waals surface area (Å²) in [5, 5.41) is 9.89. The van der Waals surface area contributed by atoms with Gasteiger partial charge in [0.25, 0.3) is 0 Å². The summed E-state index contributed by atoms with van der Waals surface area (Å²) >= 11 is 0. The molecule has 0 aromatic heterocycles. The smallest absolute Gasteiger partial charge is 0.234 e. The van der Waals surface area contributed by atoms with Gasteiger partial charge in [-0.05, 0) is 49.8 Å². The monoisotopic (exact) mass is 531 g/mol. The zero-order valence-electron chi connectivity index (χ0n) is 18.0. The molecule has 1 saturated carbocycles. The van der Waals surface area contributed by atoms with Crippen LogP contribution < -0.4 is 16.0 Å². The van der Waals surface area contributed by atoms with Gasteiger partial charge in [-0.2, -0.15) is 0 Å². The largest absolute Gasteiger partial charge is 0.356 e. The Bertz CT molecular complexity index is 717. The van der Waals surface area contributed by atoms with Crippen LogP contribution in [0.25, 0.3) is 0 Å². The lowest BCUT2D eigenvalue weighted by atomic mass is 9.96. The van der Waals surface area contributed by atoms with Crippen molar-refractivity contribution >= 4 is 35.8 Å². The van der Waals surface area contributed by atoms with Gasteiger partial charge in [-0.1, -0.05) is 19.1 Å². The van der Waals surface area contributed by atoms with Crippen molar-refractivity contribution in [3.63, 3.8) is 0 Å². The highest BCUT2D eigenvalue weighted by molar-refractivity contribution is 14.0. The second-order valence-electron chi connectivity index (χ2n) is 8.26. The van der Waals surface area contributed by atoms with Crippen LogP contribution in [0, 0.1) is 5.82 Å². The number of guanidine groups is 1. The third-order valence-electron chi connectivity index (χ3n) is 5.98. The van der Waals surface area contributed by atoms with E-state index in [0.29, 0.717) is 12.6 Å². The number of carbonyl (C=O) groups is 1. The molecule has 1 amide bonds. The van der Waals surface area contributed by atoms with E-state index >= 15 is 0 Å². The molecule has 3 rings (SSSR count). The van der Waals surface area contributed by atoms with Gasteiger partial charge in [0.2, 0.25) is 5.91 Å². The molecule has 6 nitrogen and oxygen atoms in total. The van der Waals surface area contributed by atoms with Crippen LogP contribution in [0.2, 0.25) is 0 Å². The molecular formula is C22H35FIN5O. The molecule has 30 heavy (non-hydrogen) atoms. The van der Waals surface area contributed by atoms with Gasteiger partial charge in [0, 0.05) is 44.7 Å². The lowest BCUT2D eigenvalue weighted by Gasteiger charge is -2.32. The van der Waals surface area contributed by atoms with Crippen LogP contribution in [-0.2, 0) is 10.2 Å². The first kappa shape index (κ1) is 24.8. The van der Waals surface area contributed by atoms with E-state index in [2.05, 4.69) is 32.8 Å². The Morgan fingerprint density at radius 1 is 1.27 bits per heavy atom. The number of benzene rings is 1. The summed E-state index contributed by atoms with van der Waals surface area (Å²) in [4.78, 5) is 18.5. The molecule has 0 unspecified atom stereocenters. The van der Waals surface area contributed by atoms with Crippen molar-refractivity contribution in [2.24, 2.45) is 4.99 Å². The first-order valence-corrected chi connectivity index (χ1v) is 10.8. The van der Waals surface area contributed by atoms with Crippen molar-refractivity contribution < 1.29 is 9.18 Å². The molecule has 1 aliphatic heterocycles. The molecule has 1 aliphatic carbocycles. The average Bonchev–Trinajstić information content (AvgIpc) is 3.52. The Morgan fingerprint density at radius 3 is 2.60 bits per heavy atom. The van der Waals surface area contributed by atoms with Crippen molar-refractivity contribution in [3.8, 4) is 0 Å². The zero-order chi connectivity index (χ0) is 20.7. The summed E-state index contributed by atoms with van der Waals surface area (Å²) in [5.41, 5.74) is 1.09. The number of piperidine rings is 1. The fourth-order valence-electron chi connectivity index (χ4n) is 3.94. The van der Waals surface area contributed by atoms with Crippen LogP contribution in [-0.4, -0.2) is 62.6 Å². The van der Waals surface area contributed by atoms with Crippen LogP contribution in [0.15, 0.2) is 29.3 Å². The quantitative estimate of drug-likeness (QED) is 0.274. The van der Waals surface area contributed by atoms with E-state index in [1.807, 2.05) is 6.07 Å². The molecule has 0 spiro atoms. The molecule has 2 aliphatic rings. The van der Waals surface area contributed by atoms with Crippen LogP contribution in [0.1, 0.15) is 44.6 Å². The zero-order valence-corrected chi connectivity index (χ0v) is 20.4. The number of aliphatic imine (C=N–C) groups is 1. The van der Waals surface area contributed by atoms with Crippen molar-refractivity contribution in [3.05, 3.63) is 35.6 Å². The maximum Gasteiger partial charge on any atom is 0.234 e. The number of carbonyl (C=O) groups excluding carboxylic acids is 1. The standard InChI is InChI=1S/C22H34FN5O.HI/c1-3-11-25-20(29)15-28-12-7-19(8-13-28)27-21(24-2)26-16-22(9-10-22)17-5-4-6-18(23)14-17;/h4-6,14,19H,3,7-13,15-16H2,1-2H3,(H,25,29)(H2,24,26,27);1H. The van der Waals surface area contributed by atoms with Gasteiger partial charge in [-0.3, -0.25) is 14.7 Å². The Labute approximate surface area is 196 Å². The number of hydrogen-bond acceptors (Lipinski definition) is 3. The molecule has 1 aromatic carbocycles. The minimum absolute atomic E-state index is 0. The van der Waals surface area contributed by atoms with Crippen LogP contribution in [0.3, 0.4) is 0 Å². The summed E-state index contributed by atoms with van der Waals surface area (Å²) in [6.45, 7) is 5.85. The molecule has 0 radical (unpaired) electrons. The van der Waals surface area contributed by atoms with Gasteiger partial charge in [0.15, 0.2) is 5.96 Å². The number of likely N-dealkylation sites (tertiary alicyclic amines) is 1. The van der Waals surface area contributed by atoms with Crippen LogP contribution >= 0.6 is 24.0 Å². The lowest BCUT2D eigenvalue weighted by Crippen LogP contribution is -2.51. The molecule has 0 atom stereocenters. The van der Waals surface area contributed by atoms with Crippen molar-refractivity contribution in [2.45, 2.75) is 50.5 Å². The highest BCUT2D eigenvalue weighted by Gasteiger charge is 2.44. The Kier molecular flexibility index (Phi) is 9.80. The van der Waals surface area contributed by atoms with Crippen molar-refractivity contribution in [2.75, 3.05) is 39.8 Å². The summed E-state index contributed by atoms with van der Waals surface area (Å²) in [7, 11) is 1.78. The maximum absolute atomic E-state index is 13.6. The summed E-state index contributed by atoms with van der Waals surface area (Å²) < 4.78 is 13.6. The van der Waals surface area contributed by atoms with E-state index in [-0.39, 0.29) is 41.1 Å². The number of halogens is 2. The Hall–Kier alpha value is -1.42. The van der Waals surface area contributed by atoms with Gasteiger partial charge in [0.1, 0.15) is 5.82 Å². The lowest BCUT2D eigenvalue weighted by molar-refractivity contribution is -0.122. The third kappa shape index (κ3) is 7.08. The van der Waals surface area contributed by atoms with Crippen molar-refractivity contribution in [1.29, 1.82) is 0 Å². The average molecular weight is 531 g/mol. The second-order valence-corrected chi connectivity index (χ2v) is 8.26. The van der Waals surface area contributed by atoms with Crippen molar-refractivity contribution in [1.82, 2.24) is 20.9 Å². The third-order valence-corrected chi connectivity index (χ3v) is 5.98. The second kappa shape index (κ2) is 11.8. The fourth-order valence-corrected chi connectivity index (χ4v) is 3.94. The topological polar surface area (TPSA) is 68.8 Å². The highest BCUT2D eigenvalue weighted by atomic mass is 127. The molecule has 3 N–H and O–H groups in total. The summed E-state index contributed by atoms with van der Waals surface area (Å²) in [6, 6.07) is 7.29. The van der Waals surface area contributed by atoms with Gasteiger partial charge in [-0.25, -0.2) is 4.39 Å². The highest BCUT2D eigenvalue weighted by Crippen LogP contribution is 2.47. The number of amides is 1. The normalized spacial score (nSPS) is 19.0. The molecule has 1 heterocycles. The van der Waals surface area contributed by atoms with Gasteiger partial charge in [-0.15, -0.1) is 24.0 Å². The van der Waals surface area contributed by atoms with Crippen LogP contribution in [0.5, 0.6) is 0 Å². The van der Waals surface area contributed by atoms with E-state index in [1.165, 1.54) is 6.07 Å². The van der Waals surface area contributed by atoms with Gasteiger partial charge >= 0.3 is 0 Å². The maximum atomic E-state index is 13.6. The summed E-state index contributed by atoms with van der Waals surface area (Å²) in [5.74, 6) is 0.737. The number of nitrogens with one attached hydrogen (secondary N) is 3. The Balaban J connectivity index is 0.00000320. The number of rotatable bonds is 8. The first-order valence-electron chi connectivity index (χ1n) is 10.8. The number of nitrogens with zero attached hydrogens (tertiary/aromatic N) is 2. The van der Waals surface area contributed by atoms with E-state index in [4.69, 9.17) is 0 Å². The first-order chi connectivity index (χ1) is 14.0. The summed E-state index contributed by atoms with van der Waals surface area (Å²) in [6.07, 6.45) is 5.07. The molecule has 8 heteroatoms. The SMILES string of the molecule is CCCNC(=O)CN1CCC(NC(=NC)NCC2(c3cccc(F)c3)CC2)CC1.I. The molecular weight excluding hydrogens is 496 g/mol. The van der Waals surface area contributed by atoms with E-state index < -0.39 is 0 Å². The van der Waals surface area contributed by atoms with E-state index in [0.717, 1.165) is 69.8 Å². The minimum Gasteiger partial charge on any atom is -0.356 e. The Morgan fingerprint density at radius 2 is 2.00 bits per heavy atom. The molecule has 1 aromatic rings. The van der Waals surface area contributed by atoms with Crippen LogP contribution in [0.4, 0.5) is 4.39 Å². The molecule has 168 valence electrons. The minimum atomic E-state index is -0.175. The molecule has 0 bridgehead atoms. The predicted octanol–water partition coefficient (Wildman–Crippen LogP) is 2.63. The van der Waals surface area contributed by atoms with Gasteiger partial charge < -0.3 is 16.0 Å². The molecule has 1 saturated heterocycles.